The van der Waals surface area contributed by atoms with E-state index in [0.717, 1.165) is 23.5 Å². The minimum Gasteiger partial charge on any atom is -0.487 e. The number of benzene rings is 1. The number of halogens is 1. The van der Waals surface area contributed by atoms with E-state index in [-0.39, 0.29) is 11.9 Å². The van der Waals surface area contributed by atoms with Gasteiger partial charge in [0.25, 0.3) is 0 Å². The van der Waals surface area contributed by atoms with Crippen molar-refractivity contribution >= 4 is 11.3 Å². The minimum atomic E-state index is -0.331. The van der Waals surface area contributed by atoms with Crippen LogP contribution in [-0.2, 0) is 13.0 Å². The maximum atomic E-state index is 13.8. The second-order valence-corrected chi connectivity index (χ2v) is 5.69. The van der Waals surface area contributed by atoms with Crippen molar-refractivity contribution in [3.05, 3.63) is 45.7 Å². The molecule has 2 rings (SSSR count). The van der Waals surface area contributed by atoms with E-state index in [0.29, 0.717) is 17.9 Å². The Bertz CT molecular complexity index is 569. The lowest BCUT2D eigenvalue weighted by molar-refractivity contribution is 0.300. The summed E-state index contributed by atoms with van der Waals surface area (Å²) < 4.78 is 19.3. The van der Waals surface area contributed by atoms with Crippen LogP contribution in [0.5, 0.6) is 5.75 Å². The third kappa shape index (κ3) is 3.77. The summed E-state index contributed by atoms with van der Waals surface area (Å²) >= 11 is 1.64. The Kier molecular flexibility index (Phi) is 5.09. The number of nitrogens with zero attached hydrogens (tertiary/aromatic N) is 1. The van der Waals surface area contributed by atoms with E-state index in [1.54, 1.807) is 30.4 Å². The maximum Gasteiger partial charge on any atom is 0.131 e. The predicted molar refractivity (Wildman–Crippen MR) is 79.4 cm³/mol. The quantitative estimate of drug-likeness (QED) is 0.880. The zero-order valence-corrected chi connectivity index (χ0v) is 12.5. The van der Waals surface area contributed by atoms with E-state index < -0.39 is 0 Å². The van der Waals surface area contributed by atoms with Gasteiger partial charge < -0.3 is 10.5 Å². The Balaban J connectivity index is 1.98. The molecule has 0 aliphatic heterocycles. The molecule has 1 atom stereocenters. The van der Waals surface area contributed by atoms with Crippen molar-refractivity contribution in [1.29, 1.82) is 0 Å². The number of hydrogen-bond acceptors (Lipinski definition) is 4. The van der Waals surface area contributed by atoms with Crippen LogP contribution in [0.2, 0.25) is 0 Å². The maximum absolute atomic E-state index is 13.8. The van der Waals surface area contributed by atoms with Crippen molar-refractivity contribution in [3.8, 4) is 5.75 Å². The van der Waals surface area contributed by atoms with Crippen LogP contribution in [-0.4, -0.2) is 4.98 Å². The second-order valence-electron chi connectivity index (χ2n) is 4.74. The smallest absolute Gasteiger partial charge is 0.131 e. The van der Waals surface area contributed by atoms with Gasteiger partial charge in [-0.2, -0.15) is 0 Å². The van der Waals surface area contributed by atoms with Crippen molar-refractivity contribution in [2.75, 3.05) is 0 Å². The third-order valence-corrected chi connectivity index (χ3v) is 3.87. The molecule has 0 spiro atoms. The Morgan fingerprint density at radius 2 is 2.25 bits per heavy atom. The third-order valence-electron chi connectivity index (χ3n) is 2.91. The highest BCUT2D eigenvalue weighted by Gasteiger charge is 2.09. The number of aromatic nitrogens is 1. The number of aryl methyl sites for hydroxylation is 1. The predicted octanol–water partition coefficient (Wildman–Crippen LogP) is 3.83. The Morgan fingerprint density at radius 1 is 1.45 bits per heavy atom. The molecule has 0 saturated carbocycles. The average molecular weight is 294 g/mol. The van der Waals surface area contributed by atoms with Gasteiger partial charge in [-0.3, -0.25) is 0 Å². The summed E-state index contributed by atoms with van der Waals surface area (Å²) in [5.74, 6) is 0.166. The number of nitrogens with two attached hydrogens (primary N) is 1. The summed E-state index contributed by atoms with van der Waals surface area (Å²) in [5.41, 5.74) is 7.05. The summed E-state index contributed by atoms with van der Waals surface area (Å²) in [5, 5.41) is 3.10. The van der Waals surface area contributed by atoms with Crippen molar-refractivity contribution in [3.63, 3.8) is 0 Å². The van der Waals surface area contributed by atoms with Gasteiger partial charge >= 0.3 is 0 Å². The van der Waals surface area contributed by atoms with Crippen LogP contribution in [0.15, 0.2) is 23.6 Å². The summed E-state index contributed by atoms with van der Waals surface area (Å²) in [4.78, 5) is 4.46. The van der Waals surface area contributed by atoms with Crippen LogP contribution in [0.25, 0.3) is 0 Å². The molecule has 108 valence electrons. The summed E-state index contributed by atoms with van der Waals surface area (Å²) in [6.07, 6.45) is 2.07. The molecule has 1 heterocycles. The second kappa shape index (κ2) is 6.81. The Morgan fingerprint density at radius 3 is 2.90 bits per heavy atom. The standard InChI is InChI=1S/C15H19FN2OS/c1-3-4-15-18-11(9-20-15)8-19-12-5-6-13(10(2)17)14(16)7-12/h5-7,9-10H,3-4,8,17H2,1-2H3. The highest BCUT2D eigenvalue weighted by Crippen LogP contribution is 2.21. The molecule has 0 radical (unpaired) electrons. The number of thiazole rings is 1. The minimum absolute atomic E-state index is 0.320. The number of rotatable bonds is 6. The lowest BCUT2D eigenvalue weighted by Gasteiger charge is -2.09. The van der Waals surface area contributed by atoms with Gasteiger partial charge in [0.1, 0.15) is 18.2 Å². The highest BCUT2D eigenvalue weighted by molar-refractivity contribution is 7.09. The van der Waals surface area contributed by atoms with Gasteiger partial charge in [0, 0.05) is 23.1 Å². The molecule has 1 aromatic heterocycles. The van der Waals surface area contributed by atoms with Crippen LogP contribution in [0.4, 0.5) is 4.39 Å². The topological polar surface area (TPSA) is 48.1 Å². The molecule has 0 fully saturated rings. The van der Waals surface area contributed by atoms with Crippen molar-refractivity contribution in [1.82, 2.24) is 4.98 Å². The first kappa shape index (κ1) is 14.9. The fourth-order valence-electron chi connectivity index (χ4n) is 1.87. The van der Waals surface area contributed by atoms with Crippen LogP contribution < -0.4 is 10.5 Å². The van der Waals surface area contributed by atoms with Crippen LogP contribution >= 0.6 is 11.3 Å². The lowest BCUT2D eigenvalue weighted by Crippen LogP contribution is -2.07. The molecular formula is C15H19FN2OS. The van der Waals surface area contributed by atoms with Crippen molar-refractivity contribution in [2.24, 2.45) is 5.73 Å². The normalized spacial score (nSPS) is 12.4. The fraction of sp³-hybridized carbons (Fsp3) is 0.400. The fourth-order valence-corrected chi connectivity index (χ4v) is 2.75. The zero-order chi connectivity index (χ0) is 14.5. The summed E-state index contributed by atoms with van der Waals surface area (Å²) in [7, 11) is 0. The van der Waals surface area contributed by atoms with Gasteiger partial charge in [0.2, 0.25) is 0 Å². The molecule has 2 N–H and O–H groups in total. The highest BCUT2D eigenvalue weighted by atomic mass is 32.1. The average Bonchev–Trinajstić information content (AvgIpc) is 2.84. The molecule has 1 aromatic carbocycles. The molecule has 0 bridgehead atoms. The zero-order valence-electron chi connectivity index (χ0n) is 11.7. The van der Waals surface area contributed by atoms with E-state index in [9.17, 15) is 4.39 Å². The van der Waals surface area contributed by atoms with Gasteiger partial charge in [0.05, 0.1) is 10.7 Å². The van der Waals surface area contributed by atoms with Crippen LogP contribution in [0.3, 0.4) is 0 Å². The largest absolute Gasteiger partial charge is 0.487 e. The summed E-state index contributed by atoms with van der Waals surface area (Å²) in [6.45, 7) is 4.24. The van der Waals surface area contributed by atoms with Gasteiger partial charge in [0.15, 0.2) is 0 Å². The summed E-state index contributed by atoms with van der Waals surface area (Å²) in [6, 6.07) is 4.46. The number of ether oxygens (including phenoxy) is 1. The van der Waals surface area contributed by atoms with E-state index in [2.05, 4.69) is 11.9 Å². The first-order valence-electron chi connectivity index (χ1n) is 6.71. The molecule has 5 heteroatoms. The van der Waals surface area contributed by atoms with E-state index in [4.69, 9.17) is 10.5 Å². The van der Waals surface area contributed by atoms with Gasteiger partial charge in [-0.1, -0.05) is 13.0 Å². The molecule has 0 amide bonds. The van der Waals surface area contributed by atoms with Crippen LogP contribution in [0.1, 0.15) is 42.6 Å². The molecule has 0 saturated heterocycles. The van der Waals surface area contributed by atoms with Crippen molar-refractivity contribution in [2.45, 2.75) is 39.3 Å². The molecule has 3 nitrogen and oxygen atoms in total. The molecular weight excluding hydrogens is 275 g/mol. The van der Waals surface area contributed by atoms with E-state index in [1.165, 1.54) is 6.07 Å². The molecule has 0 aliphatic rings. The van der Waals surface area contributed by atoms with Crippen LogP contribution in [0, 0.1) is 5.82 Å². The van der Waals surface area contributed by atoms with Crippen molar-refractivity contribution < 1.29 is 9.13 Å². The number of hydrogen-bond donors (Lipinski definition) is 1. The first-order valence-corrected chi connectivity index (χ1v) is 7.59. The van der Waals surface area contributed by atoms with Gasteiger partial charge in [-0.15, -0.1) is 11.3 Å². The van der Waals surface area contributed by atoms with E-state index >= 15 is 0 Å². The SMILES string of the molecule is CCCc1nc(COc2ccc(C(C)N)c(F)c2)cs1. The van der Waals surface area contributed by atoms with Gasteiger partial charge in [-0.05, 0) is 25.8 Å². The molecule has 0 aliphatic carbocycles. The Hall–Kier alpha value is -1.46. The van der Waals surface area contributed by atoms with E-state index in [1.807, 2.05) is 5.38 Å². The molecule has 2 aromatic rings. The van der Waals surface area contributed by atoms with Gasteiger partial charge in [-0.25, -0.2) is 9.37 Å². The first-order chi connectivity index (χ1) is 9.60. The Labute approximate surface area is 122 Å². The molecule has 1 unspecified atom stereocenters. The lowest BCUT2D eigenvalue weighted by atomic mass is 10.1. The molecule has 20 heavy (non-hydrogen) atoms. The monoisotopic (exact) mass is 294 g/mol.